The van der Waals surface area contributed by atoms with Crippen LogP contribution >= 0.6 is 0 Å². The Hall–Kier alpha value is -2.73. The van der Waals surface area contributed by atoms with Crippen molar-refractivity contribution in [2.75, 3.05) is 50.4 Å². The van der Waals surface area contributed by atoms with E-state index in [1.54, 1.807) is 0 Å². The number of carbonyl (C=O) groups excluding carboxylic acids is 1. The summed E-state index contributed by atoms with van der Waals surface area (Å²) < 4.78 is 42.6. The fraction of sp³-hybridized carbons (Fsp3) is 0.652. The van der Waals surface area contributed by atoms with Crippen molar-refractivity contribution in [3.05, 3.63) is 23.7 Å². The zero-order chi connectivity index (χ0) is 25.0. The monoisotopic (exact) mass is 494 g/mol. The first-order valence-electron chi connectivity index (χ1n) is 12.1. The summed E-state index contributed by atoms with van der Waals surface area (Å²) in [7, 11) is 2.06. The molecule has 2 aromatic rings. The van der Waals surface area contributed by atoms with Gasteiger partial charge in [0.2, 0.25) is 5.95 Å². The van der Waals surface area contributed by atoms with Gasteiger partial charge in [-0.2, -0.15) is 23.3 Å². The van der Waals surface area contributed by atoms with Crippen molar-refractivity contribution < 1.29 is 18.0 Å². The molecule has 4 heterocycles. The molecule has 2 N–H and O–H groups in total. The molecule has 12 heteroatoms. The van der Waals surface area contributed by atoms with Gasteiger partial charge in [0.1, 0.15) is 17.7 Å². The van der Waals surface area contributed by atoms with Crippen LogP contribution in [0.5, 0.6) is 0 Å². The van der Waals surface area contributed by atoms with Crippen LogP contribution in [-0.4, -0.2) is 81.6 Å². The summed E-state index contributed by atoms with van der Waals surface area (Å²) in [4.78, 5) is 23.6. The van der Waals surface area contributed by atoms with Crippen LogP contribution in [0.15, 0.2) is 12.4 Å². The minimum Gasteiger partial charge on any atom is -0.369 e. The quantitative estimate of drug-likeness (QED) is 0.405. The fourth-order valence-electron chi connectivity index (χ4n) is 4.76. The van der Waals surface area contributed by atoms with E-state index in [0.717, 1.165) is 63.5 Å². The van der Waals surface area contributed by atoms with Crippen LogP contribution in [0, 0.1) is 6.92 Å². The van der Waals surface area contributed by atoms with Gasteiger partial charge in [-0.15, -0.1) is 0 Å². The lowest BCUT2D eigenvalue weighted by Gasteiger charge is -2.32. The standard InChI is InChI=1S/C23H33F3N8O/c1-16-20(14-34(31-16)17-7-11-32(2)13-17)29-22-28-12-19(23(24,25)26)21(30-22)27-8-5-10-33-9-4-3-6-18(33)15-35/h12,14-15,17-18H,3-11,13H2,1-2H3,(H2,27,28,29,30). The lowest BCUT2D eigenvalue weighted by molar-refractivity contribution is -0.137. The lowest BCUT2D eigenvalue weighted by Crippen LogP contribution is -2.41. The summed E-state index contributed by atoms with van der Waals surface area (Å²) in [6.45, 7) is 5.51. The fourth-order valence-corrected chi connectivity index (χ4v) is 4.76. The Morgan fingerprint density at radius 3 is 2.77 bits per heavy atom. The van der Waals surface area contributed by atoms with Gasteiger partial charge in [0.15, 0.2) is 0 Å². The van der Waals surface area contributed by atoms with Crippen molar-refractivity contribution >= 4 is 23.7 Å². The zero-order valence-electron chi connectivity index (χ0n) is 20.2. The summed E-state index contributed by atoms with van der Waals surface area (Å²) in [5.74, 6) is -0.188. The molecule has 0 aliphatic carbocycles. The van der Waals surface area contributed by atoms with Gasteiger partial charge in [-0.1, -0.05) is 6.42 Å². The van der Waals surface area contributed by atoms with Gasteiger partial charge < -0.3 is 20.3 Å². The van der Waals surface area contributed by atoms with E-state index in [0.29, 0.717) is 25.2 Å². The highest BCUT2D eigenvalue weighted by atomic mass is 19.4. The Balaban J connectivity index is 1.42. The number of hydrogen-bond donors (Lipinski definition) is 2. The largest absolute Gasteiger partial charge is 0.421 e. The maximum atomic E-state index is 13.6. The number of likely N-dealkylation sites (tertiary alicyclic amines) is 2. The van der Waals surface area contributed by atoms with Gasteiger partial charge in [-0.05, 0) is 52.7 Å². The topological polar surface area (TPSA) is 91.2 Å². The third-order valence-electron chi connectivity index (χ3n) is 6.73. The Morgan fingerprint density at radius 2 is 2.06 bits per heavy atom. The van der Waals surface area contributed by atoms with E-state index < -0.39 is 11.7 Å². The van der Waals surface area contributed by atoms with E-state index in [1.807, 2.05) is 17.8 Å². The van der Waals surface area contributed by atoms with Gasteiger partial charge in [-0.3, -0.25) is 9.58 Å². The summed E-state index contributed by atoms with van der Waals surface area (Å²) in [6, 6.07) is 0.164. The molecular formula is C23H33F3N8O. The van der Waals surface area contributed by atoms with Crippen LogP contribution in [-0.2, 0) is 11.0 Å². The van der Waals surface area contributed by atoms with E-state index in [9.17, 15) is 18.0 Å². The normalized spacial score (nSPS) is 21.9. The highest BCUT2D eigenvalue weighted by Gasteiger charge is 2.35. The number of aldehydes is 1. The first-order valence-corrected chi connectivity index (χ1v) is 12.1. The molecule has 0 bridgehead atoms. The number of anilines is 3. The highest BCUT2D eigenvalue weighted by molar-refractivity contribution is 5.58. The number of carbonyl (C=O) groups is 1. The van der Waals surface area contributed by atoms with Gasteiger partial charge in [0.05, 0.1) is 23.5 Å². The first-order chi connectivity index (χ1) is 16.7. The molecule has 2 atom stereocenters. The summed E-state index contributed by atoms with van der Waals surface area (Å²) in [5.41, 5.74) is 0.479. The van der Waals surface area contributed by atoms with Crippen LogP contribution in [0.25, 0.3) is 0 Å². The first kappa shape index (κ1) is 25.4. The van der Waals surface area contributed by atoms with Crippen molar-refractivity contribution in [1.29, 1.82) is 0 Å². The number of nitrogens with zero attached hydrogens (tertiary/aromatic N) is 6. The molecule has 2 aliphatic rings. The minimum atomic E-state index is -4.58. The van der Waals surface area contributed by atoms with Gasteiger partial charge in [0.25, 0.3) is 0 Å². The average Bonchev–Trinajstić information content (AvgIpc) is 3.41. The molecule has 0 aromatic carbocycles. The Morgan fingerprint density at radius 1 is 1.23 bits per heavy atom. The number of rotatable bonds is 9. The molecule has 9 nitrogen and oxygen atoms in total. The van der Waals surface area contributed by atoms with Crippen LogP contribution in [0.4, 0.5) is 30.6 Å². The van der Waals surface area contributed by atoms with Crippen molar-refractivity contribution in [3.8, 4) is 0 Å². The van der Waals surface area contributed by atoms with Crippen molar-refractivity contribution in [1.82, 2.24) is 29.5 Å². The van der Waals surface area contributed by atoms with Crippen LogP contribution < -0.4 is 10.6 Å². The molecule has 2 fully saturated rings. The molecule has 0 radical (unpaired) electrons. The second-order valence-electron chi connectivity index (χ2n) is 9.41. The van der Waals surface area contributed by atoms with Crippen molar-refractivity contribution in [2.24, 2.45) is 0 Å². The number of likely N-dealkylation sites (N-methyl/N-ethyl adjacent to an activating group) is 1. The van der Waals surface area contributed by atoms with Gasteiger partial charge in [0, 0.05) is 32.0 Å². The van der Waals surface area contributed by atoms with E-state index in [1.165, 1.54) is 0 Å². The Kier molecular flexibility index (Phi) is 7.90. The van der Waals surface area contributed by atoms with Crippen LogP contribution in [0.1, 0.15) is 49.4 Å². The summed E-state index contributed by atoms with van der Waals surface area (Å²) in [5, 5.41) is 10.4. The maximum Gasteiger partial charge on any atom is 0.421 e. The second-order valence-corrected chi connectivity index (χ2v) is 9.41. The third kappa shape index (κ3) is 6.29. The number of piperidine rings is 1. The second kappa shape index (κ2) is 10.9. The van der Waals surface area contributed by atoms with Crippen molar-refractivity contribution in [2.45, 2.75) is 57.3 Å². The number of hydrogen-bond acceptors (Lipinski definition) is 8. The summed E-state index contributed by atoms with van der Waals surface area (Å²) in [6.07, 6.45) is 3.53. The third-order valence-corrected chi connectivity index (χ3v) is 6.73. The zero-order valence-corrected chi connectivity index (χ0v) is 20.2. The minimum absolute atomic E-state index is 0.0729. The van der Waals surface area contributed by atoms with E-state index >= 15 is 0 Å². The molecule has 192 valence electrons. The van der Waals surface area contributed by atoms with Crippen molar-refractivity contribution in [3.63, 3.8) is 0 Å². The molecular weight excluding hydrogens is 461 g/mol. The number of alkyl halides is 3. The predicted molar refractivity (Wildman–Crippen MR) is 127 cm³/mol. The maximum absolute atomic E-state index is 13.6. The van der Waals surface area contributed by atoms with Crippen LogP contribution in [0.2, 0.25) is 0 Å². The van der Waals surface area contributed by atoms with E-state index in [4.69, 9.17) is 0 Å². The van der Waals surface area contributed by atoms with Crippen LogP contribution in [0.3, 0.4) is 0 Å². The number of aryl methyl sites for hydroxylation is 1. The lowest BCUT2D eigenvalue weighted by atomic mass is 10.0. The molecule has 0 amide bonds. The number of aromatic nitrogens is 4. The Bertz CT molecular complexity index is 1010. The predicted octanol–water partition coefficient (Wildman–Crippen LogP) is 3.48. The molecule has 2 aromatic heterocycles. The van der Waals surface area contributed by atoms with E-state index in [2.05, 4.69) is 42.5 Å². The molecule has 2 saturated heterocycles. The smallest absolute Gasteiger partial charge is 0.369 e. The highest BCUT2D eigenvalue weighted by Crippen LogP contribution is 2.34. The molecule has 4 rings (SSSR count). The number of halogens is 3. The average molecular weight is 495 g/mol. The Labute approximate surface area is 203 Å². The molecule has 2 aliphatic heterocycles. The van der Waals surface area contributed by atoms with Gasteiger partial charge in [-0.25, -0.2) is 4.98 Å². The molecule has 0 saturated carbocycles. The SMILES string of the molecule is Cc1nn(C2CCN(C)C2)cc1Nc1ncc(C(F)(F)F)c(NCCCN2CCCCC2C=O)n1. The molecule has 0 spiro atoms. The number of nitrogens with one attached hydrogen (secondary N) is 2. The molecule has 35 heavy (non-hydrogen) atoms. The van der Waals surface area contributed by atoms with E-state index in [-0.39, 0.29) is 23.8 Å². The van der Waals surface area contributed by atoms with Gasteiger partial charge >= 0.3 is 6.18 Å². The molecule has 2 unspecified atom stereocenters. The summed E-state index contributed by atoms with van der Waals surface area (Å²) >= 11 is 0.